The van der Waals surface area contributed by atoms with Crippen molar-refractivity contribution in [2.24, 2.45) is 34.5 Å². The Bertz CT molecular complexity index is 584. The summed E-state index contributed by atoms with van der Waals surface area (Å²) in [5.41, 5.74) is -0.257. The molecule has 0 spiro atoms. The fourth-order valence-corrected chi connectivity index (χ4v) is 6.82. The summed E-state index contributed by atoms with van der Waals surface area (Å²) in [5.74, 6) is 1.17. The fourth-order valence-electron chi connectivity index (χ4n) is 6.82. The number of hydrogen-bond acceptors (Lipinski definition) is 4. The number of nitrogens with zero attached hydrogens (tertiary/aromatic N) is 1. The van der Waals surface area contributed by atoms with Gasteiger partial charge in [-0.05, 0) is 68.1 Å². The van der Waals surface area contributed by atoms with Crippen LogP contribution in [-0.2, 0) is 9.53 Å². The minimum absolute atomic E-state index is 0.0396. The van der Waals surface area contributed by atoms with Gasteiger partial charge in [0.15, 0.2) is 0 Å². The first-order chi connectivity index (χ1) is 12.3. The molecule has 1 N–H and O–H groups in total. The Morgan fingerprint density at radius 3 is 2.65 bits per heavy atom. The van der Waals surface area contributed by atoms with Crippen LogP contribution in [0.4, 0.5) is 0 Å². The molecule has 0 saturated heterocycles. The molecular formula is C22H35NO3. The van der Waals surface area contributed by atoms with E-state index in [0.717, 1.165) is 38.5 Å². The van der Waals surface area contributed by atoms with Gasteiger partial charge < -0.3 is 9.84 Å². The van der Waals surface area contributed by atoms with Gasteiger partial charge in [0.1, 0.15) is 5.78 Å². The summed E-state index contributed by atoms with van der Waals surface area (Å²) in [6.45, 7) is 9.05. The second-order valence-corrected chi connectivity index (χ2v) is 9.61. The number of fused-ring (bicyclic) bond motifs is 3. The van der Waals surface area contributed by atoms with Gasteiger partial charge in [0.05, 0.1) is 24.2 Å². The Kier molecular flexibility index (Phi) is 5.53. The van der Waals surface area contributed by atoms with Gasteiger partial charge >= 0.3 is 0 Å². The van der Waals surface area contributed by atoms with Crippen molar-refractivity contribution in [2.75, 3.05) is 6.61 Å². The number of hydrogen-bond donors (Lipinski definition) is 1. The smallest absolute Gasteiger partial charge is 0.137 e. The third-order valence-corrected chi connectivity index (χ3v) is 8.04. The van der Waals surface area contributed by atoms with Crippen LogP contribution >= 0.6 is 0 Å². The maximum absolute atomic E-state index is 13.4. The van der Waals surface area contributed by atoms with Crippen LogP contribution in [0, 0.1) is 45.8 Å². The van der Waals surface area contributed by atoms with Crippen molar-refractivity contribution < 1.29 is 14.6 Å². The van der Waals surface area contributed by atoms with Crippen molar-refractivity contribution in [2.45, 2.75) is 84.8 Å². The third kappa shape index (κ3) is 3.12. The van der Waals surface area contributed by atoms with Crippen LogP contribution in [0.2, 0.25) is 0 Å². The molecule has 0 radical (unpaired) electrons. The van der Waals surface area contributed by atoms with E-state index in [2.05, 4.69) is 26.8 Å². The number of aliphatic hydroxyl groups excluding tert-OH is 1. The number of nitriles is 1. The van der Waals surface area contributed by atoms with E-state index in [-0.39, 0.29) is 28.8 Å². The zero-order valence-corrected chi connectivity index (χ0v) is 16.8. The number of rotatable bonds is 4. The average Bonchev–Trinajstić information content (AvgIpc) is 2.56. The highest BCUT2D eigenvalue weighted by atomic mass is 16.5. The molecule has 0 aromatic rings. The molecule has 0 bridgehead atoms. The molecule has 0 aromatic carbocycles. The zero-order chi connectivity index (χ0) is 19.1. The molecule has 3 aliphatic rings. The second kappa shape index (κ2) is 7.24. The van der Waals surface area contributed by atoms with Gasteiger partial charge in [-0.25, -0.2) is 0 Å². The highest BCUT2D eigenvalue weighted by Gasteiger charge is 2.59. The van der Waals surface area contributed by atoms with Gasteiger partial charge in [-0.2, -0.15) is 5.26 Å². The Morgan fingerprint density at radius 1 is 1.31 bits per heavy atom. The number of Topliss-reactive ketones (excluding diaryl/α,β-unsaturated/α-hetero) is 1. The van der Waals surface area contributed by atoms with Gasteiger partial charge in [-0.15, -0.1) is 0 Å². The summed E-state index contributed by atoms with van der Waals surface area (Å²) in [7, 11) is 0. The molecule has 3 saturated carbocycles. The first-order valence-corrected chi connectivity index (χ1v) is 10.5. The van der Waals surface area contributed by atoms with E-state index in [1.807, 2.05) is 6.92 Å². The molecule has 3 aliphatic carbocycles. The Labute approximate surface area is 158 Å². The van der Waals surface area contributed by atoms with E-state index in [1.165, 1.54) is 0 Å². The normalized spacial score (nSPS) is 46.8. The zero-order valence-electron chi connectivity index (χ0n) is 16.8. The maximum atomic E-state index is 13.4. The molecule has 0 amide bonds. The lowest BCUT2D eigenvalue weighted by atomic mass is 9.45. The van der Waals surface area contributed by atoms with Crippen LogP contribution in [0.25, 0.3) is 0 Å². The van der Waals surface area contributed by atoms with Gasteiger partial charge in [0, 0.05) is 18.9 Å². The molecule has 26 heavy (non-hydrogen) atoms. The number of carbonyl (C=O) groups is 1. The molecule has 3 rings (SSSR count). The topological polar surface area (TPSA) is 70.3 Å². The van der Waals surface area contributed by atoms with Crippen LogP contribution in [0.5, 0.6) is 0 Å². The van der Waals surface area contributed by atoms with E-state index in [0.29, 0.717) is 30.6 Å². The number of ketones is 1. The molecule has 0 heterocycles. The SMILES string of the molecule is CCOC1CC2(C)C(CCC3CC(C)(C(C#N)CC)CC(=O)C32)CC1O. The van der Waals surface area contributed by atoms with Crippen LogP contribution in [0.15, 0.2) is 0 Å². The van der Waals surface area contributed by atoms with Crippen molar-refractivity contribution >= 4 is 5.78 Å². The van der Waals surface area contributed by atoms with Gasteiger partial charge in [0.25, 0.3) is 0 Å². The van der Waals surface area contributed by atoms with E-state index in [9.17, 15) is 15.2 Å². The molecule has 8 atom stereocenters. The predicted molar refractivity (Wildman–Crippen MR) is 100 cm³/mol. The standard InChI is InChI=1S/C22H35NO3/c1-5-15(13-23)21(3)10-14-7-8-16-9-17(24)19(26-6-2)12-22(16,4)20(14)18(25)11-21/h14-17,19-20,24H,5-12H2,1-4H3. The third-order valence-electron chi connectivity index (χ3n) is 8.04. The van der Waals surface area contributed by atoms with Crippen LogP contribution < -0.4 is 0 Å². The molecule has 0 aromatic heterocycles. The minimum Gasteiger partial charge on any atom is -0.390 e. The first-order valence-electron chi connectivity index (χ1n) is 10.5. The average molecular weight is 362 g/mol. The highest BCUT2D eigenvalue weighted by Crippen LogP contribution is 2.61. The lowest BCUT2D eigenvalue weighted by Crippen LogP contribution is -2.58. The molecule has 4 heteroatoms. The number of aliphatic hydroxyl groups is 1. The van der Waals surface area contributed by atoms with E-state index in [1.54, 1.807) is 0 Å². The Hall–Kier alpha value is -0.920. The van der Waals surface area contributed by atoms with Gasteiger partial charge in [-0.3, -0.25) is 4.79 Å². The Balaban J connectivity index is 1.87. The Morgan fingerprint density at radius 2 is 2.04 bits per heavy atom. The lowest BCUT2D eigenvalue weighted by Gasteiger charge is -2.59. The molecule has 146 valence electrons. The first kappa shape index (κ1) is 19.8. The number of carbonyl (C=O) groups excluding carboxylic acids is 1. The monoisotopic (exact) mass is 361 g/mol. The second-order valence-electron chi connectivity index (χ2n) is 9.61. The number of ether oxygens (including phenoxy) is 1. The summed E-state index contributed by atoms with van der Waals surface area (Å²) in [4.78, 5) is 13.4. The lowest BCUT2D eigenvalue weighted by molar-refractivity contribution is -0.172. The van der Waals surface area contributed by atoms with Crippen molar-refractivity contribution in [1.29, 1.82) is 5.26 Å². The summed E-state index contributed by atoms with van der Waals surface area (Å²) >= 11 is 0. The summed E-state index contributed by atoms with van der Waals surface area (Å²) in [6, 6.07) is 2.47. The van der Waals surface area contributed by atoms with Crippen molar-refractivity contribution in [1.82, 2.24) is 0 Å². The molecule has 0 aliphatic heterocycles. The van der Waals surface area contributed by atoms with E-state index >= 15 is 0 Å². The van der Waals surface area contributed by atoms with E-state index < -0.39 is 6.10 Å². The van der Waals surface area contributed by atoms with Crippen LogP contribution in [-0.4, -0.2) is 29.7 Å². The summed E-state index contributed by atoms with van der Waals surface area (Å²) in [5, 5.41) is 20.1. The maximum Gasteiger partial charge on any atom is 0.137 e. The van der Waals surface area contributed by atoms with Crippen molar-refractivity contribution in [3.63, 3.8) is 0 Å². The predicted octanol–water partition coefficient (Wildman–Crippen LogP) is 4.11. The van der Waals surface area contributed by atoms with Crippen molar-refractivity contribution in [3.8, 4) is 6.07 Å². The van der Waals surface area contributed by atoms with Gasteiger partial charge in [0.2, 0.25) is 0 Å². The highest BCUT2D eigenvalue weighted by molar-refractivity contribution is 5.84. The fraction of sp³-hybridized carbons (Fsp3) is 0.909. The minimum atomic E-state index is -0.406. The van der Waals surface area contributed by atoms with Crippen LogP contribution in [0.3, 0.4) is 0 Å². The molecule has 3 fully saturated rings. The molecule has 4 nitrogen and oxygen atoms in total. The quantitative estimate of drug-likeness (QED) is 0.818. The van der Waals surface area contributed by atoms with Gasteiger partial charge in [-0.1, -0.05) is 20.8 Å². The summed E-state index contributed by atoms with van der Waals surface area (Å²) < 4.78 is 5.83. The molecular weight excluding hydrogens is 326 g/mol. The summed E-state index contributed by atoms with van der Waals surface area (Å²) in [6.07, 6.45) is 5.46. The van der Waals surface area contributed by atoms with Crippen molar-refractivity contribution in [3.05, 3.63) is 0 Å². The molecule has 8 unspecified atom stereocenters. The largest absolute Gasteiger partial charge is 0.390 e. The van der Waals surface area contributed by atoms with E-state index in [4.69, 9.17) is 4.74 Å². The van der Waals surface area contributed by atoms with Crippen LogP contribution in [0.1, 0.15) is 72.6 Å².